The molecule has 4 rings (SSSR count). The first kappa shape index (κ1) is 17.2. The molecular formula is C21H18N4OS. The molecular weight excluding hydrogens is 356 g/mol. The Morgan fingerprint density at radius 1 is 1.00 bits per heavy atom. The quantitative estimate of drug-likeness (QED) is 0.564. The molecule has 134 valence electrons. The van der Waals surface area contributed by atoms with Crippen LogP contribution in [0.1, 0.15) is 10.4 Å². The zero-order valence-corrected chi connectivity index (χ0v) is 15.8. The van der Waals surface area contributed by atoms with Crippen LogP contribution in [0, 0.1) is 0 Å². The van der Waals surface area contributed by atoms with Crippen molar-refractivity contribution in [3.63, 3.8) is 0 Å². The van der Waals surface area contributed by atoms with Crippen LogP contribution in [-0.2, 0) is 0 Å². The maximum atomic E-state index is 12.6. The third kappa shape index (κ3) is 3.52. The molecule has 5 nitrogen and oxygen atoms in total. The lowest BCUT2D eigenvalue weighted by atomic mass is 10.2. The van der Waals surface area contributed by atoms with E-state index in [2.05, 4.69) is 21.4 Å². The first-order valence-electron chi connectivity index (χ1n) is 8.51. The maximum Gasteiger partial charge on any atom is 0.259 e. The molecule has 0 unspecified atom stereocenters. The highest BCUT2D eigenvalue weighted by Crippen LogP contribution is 2.30. The smallest absolute Gasteiger partial charge is 0.259 e. The van der Waals surface area contributed by atoms with Gasteiger partial charge in [0.2, 0.25) is 0 Å². The third-order valence-corrected chi connectivity index (χ3v) is 5.22. The van der Waals surface area contributed by atoms with Crippen LogP contribution in [0.25, 0.3) is 20.8 Å². The van der Waals surface area contributed by atoms with Gasteiger partial charge in [0.05, 0.1) is 15.8 Å². The van der Waals surface area contributed by atoms with Crippen LogP contribution in [0.4, 0.5) is 11.5 Å². The molecule has 0 radical (unpaired) electrons. The van der Waals surface area contributed by atoms with Gasteiger partial charge in [-0.3, -0.25) is 4.79 Å². The van der Waals surface area contributed by atoms with Crippen molar-refractivity contribution < 1.29 is 4.79 Å². The second-order valence-corrected chi connectivity index (χ2v) is 7.32. The summed E-state index contributed by atoms with van der Waals surface area (Å²) in [6.45, 7) is 0. The molecule has 0 spiro atoms. The van der Waals surface area contributed by atoms with Crippen LogP contribution >= 0.6 is 11.3 Å². The van der Waals surface area contributed by atoms with Gasteiger partial charge in [-0.05, 0) is 48.5 Å². The van der Waals surface area contributed by atoms with Crippen molar-refractivity contribution >= 4 is 39.0 Å². The molecule has 1 amide bonds. The van der Waals surface area contributed by atoms with Crippen LogP contribution in [0.15, 0.2) is 66.9 Å². The minimum absolute atomic E-state index is 0.181. The molecule has 27 heavy (non-hydrogen) atoms. The molecule has 0 aliphatic heterocycles. The topological polar surface area (TPSA) is 58.1 Å². The molecule has 0 fully saturated rings. The minimum atomic E-state index is -0.181. The average Bonchev–Trinajstić information content (AvgIpc) is 3.12. The van der Waals surface area contributed by atoms with Crippen molar-refractivity contribution in [2.45, 2.75) is 0 Å². The van der Waals surface area contributed by atoms with Gasteiger partial charge in [-0.25, -0.2) is 9.97 Å². The fourth-order valence-corrected chi connectivity index (χ4v) is 3.79. The number of carbonyl (C=O) groups is 1. The summed E-state index contributed by atoms with van der Waals surface area (Å²) in [5.41, 5.74) is 3.31. The summed E-state index contributed by atoms with van der Waals surface area (Å²) >= 11 is 1.66. The number of hydrogen-bond donors (Lipinski definition) is 1. The number of aromatic nitrogens is 2. The van der Waals surface area contributed by atoms with E-state index in [-0.39, 0.29) is 5.91 Å². The van der Waals surface area contributed by atoms with E-state index in [9.17, 15) is 4.79 Å². The molecule has 6 heteroatoms. The lowest BCUT2D eigenvalue weighted by molar-refractivity contribution is 0.102. The van der Waals surface area contributed by atoms with Gasteiger partial charge in [0.25, 0.3) is 5.91 Å². The first-order chi connectivity index (χ1) is 13.1. The molecule has 0 aliphatic rings. The Kier molecular flexibility index (Phi) is 4.56. The Morgan fingerprint density at radius 3 is 2.52 bits per heavy atom. The van der Waals surface area contributed by atoms with E-state index < -0.39 is 0 Å². The molecule has 2 aromatic heterocycles. The van der Waals surface area contributed by atoms with E-state index in [1.165, 1.54) is 0 Å². The van der Waals surface area contributed by atoms with E-state index in [1.54, 1.807) is 29.7 Å². The summed E-state index contributed by atoms with van der Waals surface area (Å²) in [6.07, 6.45) is 1.68. The number of hydrogen-bond acceptors (Lipinski definition) is 5. The van der Waals surface area contributed by atoms with E-state index in [0.717, 1.165) is 26.5 Å². The highest BCUT2D eigenvalue weighted by molar-refractivity contribution is 7.21. The van der Waals surface area contributed by atoms with Gasteiger partial charge in [-0.1, -0.05) is 12.1 Å². The Labute approximate surface area is 161 Å². The van der Waals surface area contributed by atoms with Gasteiger partial charge in [0.1, 0.15) is 10.8 Å². The highest BCUT2D eigenvalue weighted by Gasteiger charge is 2.14. The zero-order valence-electron chi connectivity index (χ0n) is 15.0. The number of benzene rings is 2. The molecule has 0 aliphatic carbocycles. The van der Waals surface area contributed by atoms with Crippen molar-refractivity contribution in [1.29, 1.82) is 0 Å². The summed E-state index contributed by atoms with van der Waals surface area (Å²) in [6, 6.07) is 19.4. The first-order valence-corrected chi connectivity index (χ1v) is 9.33. The number of rotatable bonds is 4. The average molecular weight is 374 g/mol. The fraction of sp³-hybridized carbons (Fsp3) is 0.0952. The normalized spacial score (nSPS) is 10.7. The number of para-hydroxylation sites is 1. The van der Waals surface area contributed by atoms with E-state index >= 15 is 0 Å². The number of anilines is 2. The van der Waals surface area contributed by atoms with E-state index in [4.69, 9.17) is 0 Å². The van der Waals surface area contributed by atoms with Crippen LogP contribution < -0.4 is 10.2 Å². The molecule has 2 aromatic carbocycles. The number of nitrogens with one attached hydrogen (secondary N) is 1. The Bertz CT molecular complexity index is 1070. The number of amides is 1. The monoisotopic (exact) mass is 374 g/mol. The lowest BCUT2D eigenvalue weighted by Crippen LogP contribution is -2.19. The fourth-order valence-electron chi connectivity index (χ4n) is 2.82. The molecule has 0 saturated carbocycles. The molecule has 2 heterocycles. The highest BCUT2D eigenvalue weighted by atomic mass is 32.1. The van der Waals surface area contributed by atoms with Crippen molar-refractivity contribution in [1.82, 2.24) is 9.97 Å². The second-order valence-electron chi connectivity index (χ2n) is 6.29. The second kappa shape index (κ2) is 7.17. The SMILES string of the molecule is CN(C)c1ncccc1C(=O)Nc1ccc(-c2nc3ccccc3s2)cc1. The van der Waals surface area contributed by atoms with E-state index in [1.807, 2.05) is 61.5 Å². The van der Waals surface area contributed by atoms with Crippen molar-refractivity contribution in [3.05, 3.63) is 72.4 Å². The third-order valence-electron chi connectivity index (χ3n) is 4.14. The maximum absolute atomic E-state index is 12.6. The summed E-state index contributed by atoms with van der Waals surface area (Å²) in [7, 11) is 3.73. The predicted octanol–water partition coefficient (Wildman–Crippen LogP) is 4.68. The Balaban J connectivity index is 1.55. The Hall–Kier alpha value is -3.25. The number of carbonyl (C=O) groups excluding carboxylic acids is 1. The van der Waals surface area contributed by atoms with Crippen LogP contribution in [0.3, 0.4) is 0 Å². The summed E-state index contributed by atoms with van der Waals surface area (Å²) in [5.74, 6) is 0.459. The summed E-state index contributed by atoms with van der Waals surface area (Å²) in [4.78, 5) is 23.4. The van der Waals surface area contributed by atoms with Crippen molar-refractivity contribution in [2.24, 2.45) is 0 Å². The predicted molar refractivity (Wildman–Crippen MR) is 112 cm³/mol. The van der Waals surface area contributed by atoms with Gasteiger partial charge in [-0.15, -0.1) is 11.3 Å². The number of thiazole rings is 1. The van der Waals surface area contributed by atoms with Crippen LogP contribution in [0.2, 0.25) is 0 Å². The summed E-state index contributed by atoms with van der Waals surface area (Å²) in [5, 5.41) is 3.90. The van der Waals surface area contributed by atoms with Gasteiger partial charge < -0.3 is 10.2 Å². The standard InChI is InChI=1S/C21H18N4OS/c1-25(2)19-16(6-5-13-22-19)20(26)23-15-11-9-14(10-12-15)21-24-17-7-3-4-8-18(17)27-21/h3-13H,1-2H3,(H,23,26). The summed E-state index contributed by atoms with van der Waals surface area (Å²) < 4.78 is 1.16. The van der Waals surface area contributed by atoms with Gasteiger partial charge in [0.15, 0.2) is 0 Å². The molecule has 4 aromatic rings. The van der Waals surface area contributed by atoms with Crippen LogP contribution in [-0.4, -0.2) is 30.0 Å². The molecule has 0 saturated heterocycles. The van der Waals surface area contributed by atoms with Crippen molar-refractivity contribution in [2.75, 3.05) is 24.3 Å². The van der Waals surface area contributed by atoms with E-state index in [0.29, 0.717) is 11.4 Å². The Morgan fingerprint density at radius 2 is 1.78 bits per heavy atom. The van der Waals surface area contributed by atoms with Gasteiger partial charge in [0, 0.05) is 31.5 Å². The zero-order chi connectivity index (χ0) is 18.8. The van der Waals surface area contributed by atoms with Crippen molar-refractivity contribution in [3.8, 4) is 10.6 Å². The lowest BCUT2D eigenvalue weighted by Gasteiger charge is -2.15. The van der Waals surface area contributed by atoms with Gasteiger partial charge >= 0.3 is 0 Å². The van der Waals surface area contributed by atoms with Crippen LogP contribution in [0.5, 0.6) is 0 Å². The number of nitrogens with zero attached hydrogens (tertiary/aromatic N) is 3. The minimum Gasteiger partial charge on any atom is -0.362 e. The number of fused-ring (bicyclic) bond motifs is 1. The molecule has 0 bridgehead atoms. The van der Waals surface area contributed by atoms with Gasteiger partial charge in [-0.2, -0.15) is 0 Å². The molecule has 0 atom stereocenters. The number of pyridine rings is 1. The molecule has 1 N–H and O–H groups in total. The largest absolute Gasteiger partial charge is 0.362 e.